The Labute approximate surface area is 133 Å². The van der Waals surface area contributed by atoms with Crippen molar-refractivity contribution in [1.29, 1.82) is 0 Å². The molecule has 1 aliphatic heterocycles. The van der Waals surface area contributed by atoms with Gasteiger partial charge in [-0.1, -0.05) is 12.1 Å². The zero-order chi connectivity index (χ0) is 15.4. The van der Waals surface area contributed by atoms with Crippen LogP contribution < -0.4 is 11.1 Å². The van der Waals surface area contributed by atoms with Gasteiger partial charge in [0.05, 0.1) is 12.1 Å². The number of nitrogens with zero attached hydrogens (tertiary/aromatic N) is 1. The normalized spacial score (nSPS) is 22.8. The molecule has 0 aliphatic carbocycles. The van der Waals surface area contributed by atoms with Gasteiger partial charge in [-0.25, -0.2) is 0 Å². The van der Waals surface area contributed by atoms with Crippen molar-refractivity contribution in [3.05, 3.63) is 34.3 Å². The van der Waals surface area contributed by atoms with E-state index in [0.29, 0.717) is 10.0 Å². The molecular weight excluding hydrogens is 334 g/mol. The fourth-order valence-electron chi connectivity index (χ4n) is 2.56. The van der Waals surface area contributed by atoms with Crippen LogP contribution >= 0.6 is 15.9 Å². The van der Waals surface area contributed by atoms with E-state index in [4.69, 9.17) is 5.73 Å². The molecule has 1 aliphatic rings. The van der Waals surface area contributed by atoms with Crippen LogP contribution in [0.2, 0.25) is 0 Å². The highest BCUT2D eigenvalue weighted by Gasteiger charge is 2.25. The summed E-state index contributed by atoms with van der Waals surface area (Å²) in [6.07, 6.45) is 1.77. The number of nitrogens with two attached hydrogens (primary N) is 1. The summed E-state index contributed by atoms with van der Waals surface area (Å²) in [6.45, 7) is 3.07. The predicted octanol–water partition coefficient (Wildman–Crippen LogP) is 1.52. The number of likely N-dealkylation sites (tertiary alicyclic amines) is 1. The second-order valence-corrected chi connectivity index (χ2v) is 6.32. The molecule has 0 aromatic heterocycles. The SMILES string of the molecule is CC1CC(N)CCN1CC(=O)NC(=O)c1ccccc1Br. The number of imide groups is 1. The summed E-state index contributed by atoms with van der Waals surface area (Å²) in [4.78, 5) is 26.1. The van der Waals surface area contributed by atoms with Crippen LogP contribution in [0.3, 0.4) is 0 Å². The molecule has 1 fully saturated rings. The van der Waals surface area contributed by atoms with E-state index in [1.165, 1.54) is 0 Å². The summed E-state index contributed by atoms with van der Waals surface area (Å²) in [5.41, 5.74) is 6.36. The Balaban J connectivity index is 1.90. The molecule has 0 saturated carbocycles. The highest BCUT2D eigenvalue weighted by molar-refractivity contribution is 9.10. The topological polar surface area (TPSA) is 75.4 Å². The van der Waals surface area contributed by atoms with E-state index < -0.39 is 0 Å². The van der Waals surface area contributed by atoms with Gasteiger partial charge in [0.15, 0.2) is 0 Å². The van der Waals surface area contributed by atoms with Crippen LogP contribution in [0.5, 0.6) is 0 Å². The summed E-state index contributed by atoms with van der Waals surface area (Å²) in [6, 6.07) is 7.50. The lowest BCUT2D eigenvalue weighted by atomic mass is 9.99. The molecule has 2 amide bonds. The number of carbonyl (C=O) groups is 2. The van der Waals surface area contributed by atoms with Crippen molar-refractivity contribution in [2.75, 3.05) is 13.1 Å². The lowest BCUT2D eigenvalue weighted by molar-refractivity contribution is -0.122. The molecule has 1 heterocycles. The third kappa shape index (κ3) is 4.36. The second kappa shape index (κ2) is 7.15. The Morgan fingerprint density at radius 3 is 2.81 bits per heavy atom. The molecule has 21 heavy (non-hydrogen) atoms. The zero-order valence-electron chi connectivity index (χ0n) is 12.0. The van der Waals surface area contributed by atoms with Gasteiger partial charge in [0.1, 0.15) is 0 Å². The number of halogens is 1. The molecule has 0 bridgehead atoms. The first-order valence-corrected chi connectivity index (χ1v) is 7.85. The first-order valence-electron chi connectivity index (χ1n) is 7.05. The van der Waals surface area contributed by atoms with Crippen LogP contribution in [-0.2, 0) is 4.79 Å². The Morgan fingerprint density at radius 1 is 1.43 bits per heavy atom. The molecule has 1 aromatic carbocycles. The molecule has 6 heteroatoms. The molecule has 2 atom stereocenters. The van der Waals surface area contributed by atoms with Gasteiger partial charge in [0, 0.05) is 23.1 Å². The van der Waals surface area contributed by atoms with Gasteiger partial charge >= 0.3 is 0 Å². The summed E-state index contributed by atoms with van der Waals surface area (Å²) < 4.78 is 0.674. The van der Waals surface area contributed by atoms with Crippen molar-refractivity contribution in [2.24, 2.45) is 5.73 Å². The van der Waals surface area contributed by atoms with E-state index in [1.54, 1.807) is 18.2 Å². The van der Waals surface area contributed by atoms with Crippen molar-refractivity contribution < 1.29 is 9.59 Å². The van der Waals surface area contributed by atoms with Crippen molar-refractivity contribution in [2.45, 2.75) is 31.8 Å². The molecule has 2 rings (SSSR count). The highest BCUT2D eigenvalue weighted by atomic mass is 79.9. The van der Waals surface area contributed by atoms with Crippen molar-refractivity contribution in [3.8, 4) is 0 Å². The van der Waals surface area contributed by atoms with Crippen molar-refractivity contribution in [3.63, 3.8) is 0 Å². The highest BCUT2D eigenvalue weighted by Crippen LogP contribution is 2.16. The number of carbonyl (C=O) groups excluding carboxylic acids is 2. The molecule has 2 unspecified atom stereocenters. The minimum Gasteiger partial charge on any atom is -0.328 e. The quantitative estimate of drug-likeness (QED) is 0.863. The van der Waals surface area contributed by atoms with E-state index in [2.05, 4.69) is 33.1 Å². The van der Waals surface area contributed by atoms with E-state index in [-0.39, 0.29) is 30.4 Å². The summed E-state index contributed by atoms with van der Waals surface area (Å²) in [5.74, 6) is -0.660. The first-order chi connectivity index (χ1) is 9.97. The smallest absolute Gasteiger partial charge is 0.259 e. The maximum absolute atomic E-state index is 12.1. The Hall–Kier alpha value is -1.24. The molecule has 3 N–H and O–H groups in total. The van der Waals surface area contributed by atoms with E-state index >= 15 is 0 Å². The molecule has 1 aromatic rings. The van der Waals surface area contributed by atoms with Crippen LogP contribution in [0, 0.1) is 0 Å². The average molecular weight is 354 g/mol. The van der Waals surface area contributed by atoms with E-state index in [0.717, 1.165) is 19.4 Å². The van der Waals surface area contributed by atoms with Crippen LogP contribution in [0.1, 0.15) is 30.1 Å². The molecule has 1 saturated heterocycles. The fourth-order valence-corrected chi connectivity index (χ4v) is 3.02. The molecule has 0 radical (unpaired) electrons. The molecule has 5 nitrogen and oxygen atoms in total. The number of hydrogen-bond donors (Lipinski definition) is 2. The minimum atomic E-state index is -0.381. The third-order valence-electron chi connectivity index (χ3n) is 3.77. The van der Waals surface area contributed by atoms with Crippen LogP contribution in [-0.4, -0.2) is 41.9 Å². The lowest BCUT2D eigenvalue weighted by Crippen LogP contribution is -2.49. The lowest BCUT2D eigenvalue weighted by Gasteiger charge is -2.35. The number of rotatable bonds is 3. The van der Waals surface area contributed by atoms with Gasteiger partial charge in [0.2, 0.25) is 5.91 Å². The van der Waals surface area contributed by atoms with Gasteiger partial charge < -0.3 is 5.73 Å². The molecule has 114 valence electrons. The monoisotopic (exact) mass is 353 g/mol. The van der Waals surface area contributed by atoms with Crippen LogP contribution in [0.25, 0.3) is 0 Å². The Kier molecular flexibility index (Phi) is 5.50. The van der Waals surface area contributed by atoms with Gasteiger partial charge in [-0.05, 0) is 47.8 Å². The summed E-state index contributed by atoms with van der Waals surface area (Å²) in [5, 5.41) is 2.44. The minimum absolute atomic E-state index is 0.209. The number of hydrogen-bond acceptors (Lipinski definition) is 4. The number of amides is 2. The first kappa shape index (κ1) is 16.1. The fraction of sp³-hybridized carbons (Fsp3) is 0.467. The van der Waals surface area contributed by atoms with Gasteiger partial charge in [-0.15, -0.1) is 0 Å². The summed E-state index contributed by atoms with van der Waals surface area (Å²) in [7, 11) is 0. The Morgan fingerprint density at radius 2 is 2.14 bits per heavy atom. The van der Waals surface area contributed by atoms with E-state index in [1.807, 2.05) is 6.07 Å². The predicted molar refractivity (Wildman–Crippen MR) is 84.9 cm³/mol. The van der Waals surface area contributed by atoms with Gasteiger partial charge in [-0.2, -0.15) is 0 Å². The average Bonchev–Trinajstić information content (AvgIpc) is 2.42. The standard InChI is InChI=1S/C15H20BrN3O2/c1-10-8-11(17)6-7-19(10)9-14(20)18-15(21)12-4-2-3-5-13(12)16/h2-5,10-11H,6-9,17H2,1H3,(H,18,20,21). The molecule has 0 spiro atoms. The van der Waals surface area contributed by atoms with Crippen LogP contribution in [0.4, 0.5) is 0 Å². The van der Waals surface area contributed by atoms with E-state index in [9.17, 15) is 9.59 Å². The number of piperidine rings is 1. The van der Waals surface area contributed by atoms with Gasteiger partial charge in [-0.3, -0.25) is 19.8 Å². The van der Waals surface area contributed by atoms with Gasteiger partial charge in [0.25, 0.3) is 5.91 Å². The number of nitrogens with one attached hydrogen (secondary N) is 1. The zero-order valence-corrected chi connectivity index (χ0v) is 13.6. The maximum atomic E-state index is 12.1. The van der Waals surface area contributed by atoms with Crippen LogP contribution in [0.15, 0.2) is 28.7 Å². The molecular formula is C15H20BrN3O2. The van der Waals surface area contributed by atoms with Crippen molar-refractivity contribution >= 4 is 27.7 Å². The summed E-state index contributed by atoms with van der Waals surface area (Å²) >= 11 is 3.31. The Bertz CT molecular complexity index is 535. The number of benzene rings is 1. The maximum Gasteiger partial charge on any atom is 0.259 e. The van der Waals surface area contributed by atoms with Crippen molar-refractivity contribution in [1.82, 2.24) is 10.2 Å². The second-order valence-electron chi connectivity index (χ2n) is 5.46. The third-order valence-corrected chi connectivity index (χ3v) is 4.46. The largest absolute Gasteiger partial charge is 0.328 e.